The Morgan fingerprint density at radius 3 is 2.75 bits per heavy atom. The predicted octanol–water partition coefficient (Wildman–Crippen LogP) is 2.44. The van der Waals surface area contributed by atoms with Gasteiger partial charge in [0.25, 0.3) is 0 Å². The van der Waals surface area contributed by atoms with Crippen LogP contribution in [0.25, 0.3) is 0 Å². The lowest BCUT2D eigenvalue weighted by Crippen LogP contribution is -2.00. The summed E-state index contributed by atoms with van der Waals surface area (Å²) in [5, 5.41) is 0. The molecule has 2 heteroatoms. The van der Waals surface area contributed by atoms with E-state index in [2.05, 4.69) is 9.97 Å². The van der Waals surface area contributed by atoms with Crippen LogP contribution < -0.4 is 0 Å². The molecule has 0 atom stereocenters. The van der Waals surface area contributed by atoms with E-state index in [1.165, 1.54) is 25.7 Å². The molecule has 0 amide bonds. The molecule has 0 aromatic carbocycles. The van der Waals surface area contributed by atoms with E-state index in [1.54, 1.807) is 0 Å². The standard InChI is InChI=1S/C10H14N2/c1-8-6-7-11-10(12-8)9-4-2-3-5-9/h6-7,9H,2-5H2,1H3. The van der Waals surface area contributed by atoms with Crippen LogP contribution in [0.4, 0.5) is 0 Å². The molecule has 1 heterocycles. The molecule has 0 aliphatic heterocycles. The van der Waals surface area contributed by atoms with E-state index in [0.29, 0.717) is 5.92 Å². The monoisotopic (exact) mass is 162 g/mol. The maximum absolute atomic E-state index is 4.44. The Kier molecular flexibility index (Phi) is 2.07. The number of aromatic nitrogens is 2. The number of hydrogen-bond acceptors (Lipinski definition) is 2. The molecular weight excluding hydrogens is 148 g/mol. The summed E-state index contributed by atoms with van der Waals surface area (Å²) in [7, 11) is 0. The molecule has 0 saturated heterocycles. The predicted molar refractivity (Wildman–Crippen MR) is 48.0 cm³/mol. The number of hydrogen-bond donors (Lipinski definition) is 0. The number of aryl methyl sites for hydroxylation is 1. The first-order chi connectivity index (χ1) is 5.86. The van der Waals surface area contributed by atoms with Gasteiger partial charge in [-0.25, -0.2) is 9.97 Å². The third-order valence-corrected chi connectivity index (χ3v) is 2.53. The van der Waals surface area contributed by atoms with Crippen LogP contribution in [0.2, 0.25) is 0 Å². The van der Waals surface area contributed by atoms with Crippen molar-refractivity contribution in [2.24, 2.45) is 0 Å². The van der Waals surface area contributed by atoms with Crippen LogP contribution in [-0.4, -0.2) is 9.97 Å². The Morgan fingerprint density at radius 2 is 2.08 bits per heavy atom. The summed E-state index contributed by atoms with van der Waals surface area (Å²) in [5.74, 6) is 1.71. The van der Waals surface area contributed by atoms with Crippen LogP contribution >= 0.6 is 0 Å². The van der Waals surface area contributed by atoms with Gasteiger partial charge in [0.2, 0.25) is 0 Å². The fourth-order valence-corrected chi connectivity index (χ4v) is 1.85. The van der Waals surface area contributed by atoms with E-state index in [0.717, 1.165) is 11.5 Å². The average Bonchev–Trinajstić information content (AvgIpc) is 2.56. The summed E-state index contributed by atoms with van der Waals surface area (Å²) in [6, 6.07) is 1.96. The highest BCUT2D eigenvalue weighted by Crippen LogP contribution is 2.31. The molecule has 2 rings (SSSR count). The van der Waals surface area contributed by atoms with Crippen molar-refractivity contribution in [3.63, 3.8) is 0 Å². The first-order valence-electron chi connectivity index (χ1n) is 4.66. The number of nitrogens with zero attached hydrogens (tertiary/aromatic N) is 2. The van der Waals surface area contributed by atoms with Crippen molar-refractivity contribution in [3.05, 3.63) is 23.8 Å². The van der Waals surface area contributed by atoms with E-state index < -0.39 is 0 Å². The molecule has 1 aromatic rings. The van der Waals surface area contributed by atoms with Crippen molar-refractivity contribution in [1.29, 1.82) is 0 Å². The summed E-state index contributed by atoms with van der Waals surface area (Å²) >= 11 is 0. The molecule has 0 radical (unpaired) electrons. The normalized spacial score (nSPS) is 18.4. The fraction of sp³-hybridized carbons (Fsp3) is 0.600. The lowest BCUT2D eigenvalue weighted by molar-refractivity contribution is 0.664. The molecule has 0 N–H and O–H groups in total. The van der Waals surface area contributed by atoms with Gasteiger partial charge in [-0.1, -0.05) is 12.8 Å². The van der Waals surface area contributed by atoms with Crippen LogP contribution in [0.5, 0.6) is 0 Å². The van der Waals surface area contributed by atoms with Gasteiger partial charge in [-0.05, 0) is 25.8 Å². The van der Waals surface area contributed by atoms with Crippen molar-refractivity contribution >= 4 is 0 Å². The van der Waals surface area contributed by atoms with Gasteiger partial charge in [0.05, 0.1) is 0 Å². The molecule has 1 fully saturated rings. The zero-order valence-electron chi connectivity index (χ0n) is 7.45. The largest absolute Gasteiger partial charge is 0.241 e. The lowest BCUT2D eigenvalue weighted by Gasteiger charge is -2.06. The van der Waals surface area contributed by atoms with Crippen molar-refractivity contribution in [1.82, 2.24) is 9.97 Å². The van der Waals surface area contributed by atoms with Gasteiger partial charge >= 0.3 is 0 Å². The van der Waals surface area contributed by atoms with Crippen molar-refractivity contribution in [2.75, 3.05) is 0 Å². The molecule has 2 nitrogen and oxygen atoms in total. The summed E-state index contributed by atoms with van der Waals surface area (Å²) in [5.41, 5.74) is 1.09. The van der Waals surface area contributed by atoms with Crippen molar-refractivity contribution in [2.45, 2.75) is 38.5 Å². The van der Waals surface area contributed by atoms with E-state index in [9.17, 15) is 0 Å². The zero-order valence-corrected chi connectivity index (χ0v) is 7.45. The molecule has 1 aromatic heterocycles. The third kappa shape index (κ3) is 1.47. The van der Waals surface area contributed by atoms with E-state index in [4.69, 9.17) is 0 Å². The van der Waals surface area contributed by atoms with Crippen molar-refractivity contribution < 1.29 is 0 Å². The van der Waals surface area contributed by atoms with Gasteiger partial charge in [0.15, 0.2) is 0 Å². The maximum atomic E-state index is 4.44. The lowest BCUT2D eigenvalue weighted by atomic mass is 10.1. The molecule has 0 spiro atoms. The Bertz CT molecular complexity index is 264. The maximum Gasteiger partial charge on any atom is 0.131 e. The third-order valence-electron chi connectivity index (χ3n) is 2.53. The Balaban J connectivity index is 2.21. The Labute approximate surface area is 73.1 Å². The highest BCUT2D eigenvalue weighted by molar-refractivity contribution is 5.04. The minimum absolute atomic E-state index is 0.643. The van der Waals surface area contributed by atoms with Crippen LogP contribution in [-0.2, 0) is 0 Å². The molecule has 1 saturated carbocycles. The second-order valence-corrected chi connectivity index (χ2v) is 3.54. The number of rotatable bonds is 1. The van der Waals surface area contributed by atoms with Crippen LogP contribution in [0.1, 0.15) is 43.1 Å². The topological polar surface area (TPSA) is 25.8 Å². The summed E-state index contributed by atoms with van der Waals surface area (Å²) < 4.78 is 0. The van der Waals surface area contributed by atoms with Gasteiger partial charge in [0, 0.05) is 17.8 Å². The second kappa shape index (κ2) is 3.21. The molecular formula is C10H14N2. The highest BCUT2D eigenvalue weighted by Gasteiger charge is 2.19. The van der Waals surface area contributed by atoms with E-state index in [1.807, 2.05) is 19.2 Å². The summed E-state index contributed by atoms with van der Waals surface area (Å²) in [6.45, 7) is 2.03. The zero-order chi connectivity index (χ0) is 8.39. The minimum atomic E-state index is 0.643. The molecule has 0 bridgehead atoms. The van der Waals surface area contributed by atoms with E-state index in [-0.39, 0.29) is 0 Å². The first-order valence-corrected chi connectivity index (χ1v) is 4.66. The molecule has 1 aliphatic carbocycles. The smallest absolute Gasteiger partial charge is 0.131 e. The molecule has 64 valence electrons. The van der Waals surface area contributed by atoms with Gasteiger partial charge in [-0.3, -0.25) is 0 Å². The minimum Gasteiger partial charge on any atom is -0.241 e. The Hall–Kier alpha value is -0.920. The first kappa shape index (κ1) is 7.71. The van der Waals surface area contributed by atoms with Crippen LogP contribution in [0.3, 0.4) is 0 Å². The Morgan fingerprint density at radius 1 is 1.33 bits per heavy atom. The van der Waals surface area contributed by atoms with Gasteiger partial charge in [-0.2, -0.15) is 0 Å². The van der Waals surface area contributed by atoms with Gasteiger partial charge < -0.3 is 0 Å². The van der Waals surface area contributed by atoms with Gasteiger partial charge in [-0.15, -0.1) is 0 Å². The highest BCUT2D eigenvalue weighted by atomic mass is 14.9. The SMILES string of the molecule is Cc1ccnc(C2CCCC2)n1. The molecule has 1 aliphatic rings. The average molecular weight is 162 g/mol. The van der Waals surface area contributed by atoms with Crippen molar-refractivity contribution in [3.8, 4) is 0 Å². The van der Waals surface area contributed by atoms with Gasteiger partial charge in [0.1, 0.15) is 5.82 Å². The van der Waals surface area contributed by atoms with E-state index >= 15 is 0 Å². The molecule has 0 unspecified atom stereocenters. The molecule has 12 heavy (non-hydrogen) atoms. The quantitative estimate of drug-likeness (QED) is 0.633. The second-order valence-electron chi connectivity index (χ2n) is 3.54. The van der Waals surface area contributed by atoms with Crippen LogP contribution in [0, 0.1) is 6.92 Å². The fourth-order valence-electron chi connectivity index (χ4n) is 1.85. The summed E-state index contributed by atoms with van der Waals surface area (Å²) in [6.07, 6.45) is 7.13. The summed E-state index contributed by atoms with van der Waals surface area (Å²) in [4.78, 5) is 8.75. The van der Waals surface area contributed by atoms with Crippen LogP contribution in [0.15, 0.2) is 12.3 Å².